The summed E-state index contributed by atoms with van der Waals surface area (Å²) in [7, 11) is 1.37. The number of carbonyl (C=O) groups excluding carboxylic acids is 2. The molecule has 0 radical (unpaired) electrons. The molecular weight excluding hydrogens is 206 g/mol. The summed E-state index contributed by atoms with van der Waals surface area (Å²) in [4.78, 5) is 23.3. The molecule has 0 aliphatic heterocycles. The second kappa shape index (κ2) is 2.87. The van der Waals surface area contributed by atoms with E-state index < -0.39 is 0 Å². The first-order chi connectivity index (χ1) is 7.62. The number of nitrogens with two attached hydrogens (primary N) is 1. The minimum Gasteiger partial charge on any atom is -0.469 e. The number of hydrogen-bond donors (Lipinski definition) is 1. The molecule has 16 heavy (non-hydrogen) atoms. The molecule has 2 fully saturated rings. The largest absolute Gasteiger partial charge is 0.469 e. The van der Waals surface area contributed by atoms with E-state index in [0.29, 0.717) is 0 Å². The third-order valence-electron chi connectivity index (χ3n) is 4.64. The van der Waals surface area contributed by atoms with Crippen LogP contribution in [0.25, 0.3) is 0 Å². The van der Waals surface area contributed by atoms with Crippen LogP contribution < -0.4 is 5.73 Å². The van der Waals surface area contributed by atoms with E-state index in [1.165, 1.54) is 7.11 Å². The molecule has 2 N–H and O–H groups in total. The summed E-state index contributed by atoms with van der Waals surface area (Å²) in [6.07, 6.45) is 6.37. The Hall–Kier alpha value is -1.32. The highest BCUT2D eigenvalue weighted by Gasteiger charge is 2.69. The molecular formula is C12H15NO3. The molecule has 3 rings (SSSR count). The molecule has 4 nitrogen and oxygen atoms in total. The van der Waals surface area contributed by atoms with Gasteiger partial charge in [0.15, 0.2) is 0 Å². The first kappa shape index (κ1) is 9.87. The zero-order valence-corrected chi connectivity index (χ0v) is 9.18. The summed E-state index contributed by atoms with van der Waals surface area (Å²) in [6, 6.07) is 0. The minimum absolute atomic E-state index is 0.165. The minimum atomic E-state index is -0.362. The Balaban J connectivity index is 2.01. The molecule has 0 aromatic rings. The van der Waals surface area contributed by atoms with Crippen molar-refractivity contribution >= 4 is 11.9 Å². The lowest BCUT2D eigenvalue weighted by atomic mass is 9.82. The van der Waals surface area contributed by atoms with Gasteiger partial charge < -0.3 is 10.5 Å². The van der Waals surface area contributed by atoms with Gasteiger partial charge >= 0.3 is 5.97 Å². The van der Waals surface area contributed by atoms with Crippen LogP contribution in [0.15, 0.2) is 12.2 Å². The summed E-state index contributed by atoms with van der Waals surface area (Å²) < 4.78 is 4.81. The van der Waals surface area contributed by atoms with Crippen molar-refractivity contribution < 1.29 is 14.3 Å². The molecule has 0 aromatic carbocycles. The summed E-state index contributed by atoms with van der Waals surface area (Å²) in [6.45, 7) is 0. The monoisotopic (exact) mass is 221 g/mol. The summed E-state index contributed by atoms with van der Waals surface area (Å²) in [5, 5.41) is 0. The van der Waals surface area contributed by atoms with Crippen LogP contribution in [0, 0.1) is 29.1 Å². The third kappa shape index (κ3) is 0.950. The topological polar surface area (TPSA) is 69.4 Å². The van der Waals surface area contributed by atoms with Gasteiger partial charge in [-0.3, -0.25) is 9.59 Å². The van der Waals surface area contributed by atoms with Crippen LogP contribution in [-0.4, -0.2) is 19.0 Å². The molecule has 4 heteroatoms. The molecule has 1 unspecified atom stereocenters. The first-order valence-electron chi connectivity index (χ1n) is 5.67. The van der Waals surface area contributed by atoms with Gasteiger partial charge in [0.25, 0.3) is 0 Å². The number of ether oxygens (including phenoxy) is 1. The van der Waals surface area contributed by atoms with Crippen LogP contribution in [0.2, 0.25) is 0 Å². The molecule has 0 heterocycles. The fourth-order valence-electron chi connectivity index (χ4n) is 3.84. The van der Waals surface area contributed by atoms with Crippen molar-refractivity contribution in [2.75, 3.05) is 7.11 Å². The van der Waals surface area contributed by atoms with E-state index in [1.807, 2.05) is 0 Å². The molecule has 2 saturated carbocycles. The van der Waals surface area contributed by atoms with Crippen LogP contribution in [0.5, 0.6) is 0 Å². The average Bonchev–Trinajstić information content (AvgIpc) is 2.92. The van der Waals surface area contributed by atoms with Gasteiger partial charge in [0.2, 0.25) is 5.91 Å². The molecule has 1 amide bonds. The van der Waals surface area contributed by atoms with Gasteiger partial charge in [0.1, 0.15) is 0 Å². The summed E-state index contributed by atoms with van der Waals surface area (Å²) in [5.41, 5.74) is 5.60. The number of methoxy groups -OCH3 is 1. The van der Waals surface area contributed by atoms with E-state index in [1.54, 1.807) is 0 Å². The predicted octanol–water partition coefficient (Wildman–Crippen LogP) is 0.473. The van der Waals surface area contributed by atoms with Crippen LogP contribution in [-0.2, 0) is 14.3 Å². The Morgan fingerprint density at radius 2 is 1.81 bits per heavy atom. The maximum atomic E-state index is 11.8. The van der Waals surface area contributed by atoms with E-state index in [4.69, 9.17) is 10.5 Å². The number of carbonyl (C=O) groups is 2. The molecule has 3 aliphatic rings. The van der Waals surface area contributed by atoms with Crippen LogP contribution in [0.1, 0.15) is 12.8 Å². The number of primary amides is 1. The number of amides is 1. The highest BCUT2D eigenvalue weighted by molar-refractivity contribution is 5.87. The molecule has 2 bridgehead atoms. The Morgan fingerprint density at radius 3 is 2.25 bits per heavy atom. The maximum Gasteiger partial charge on any atom is 0.310 e. The van der Waals surface area contributed by atoms with Gasteiger partial charge in [-0.2, -0.15) is 0 Å². The number of esters is 1. The van der Waals surface area contributed by atoms with Crippen molar-refractivity contribution in [3.63, 3.8) is 0 Å². The van der Waals surface area contributed by atoms with Gasteiger partial charge in [0, 0.05) is 0 Å². The fraction of sp³-hybridized carbons (Fsp3) is 0.667. The smallest absolute Gasteiger partial charge is 0.310 e. The highest BCUT2D eigenvalue weighted by atomic mass is 16.5. The Morgan fingerprint density at radius 1 is 1.25 bits per heavy atom. The van der Waals surface area contributed by atoms with E-state index >= 15 is 0 Å². The number of rotatable bonds is 2. The van der Waals surface area contributed by atoms with Crippen molar-refractivity contribution in [1.29, 1.82) is 0 Å². The Bertz CT molecular complexity index is 397. The summed E-state index contributed by atoms with van der Waals surface area (Å²) >= 11 is 0. The van der Waals surface area contributed by atoms with E-state index in [2.05, 4.69) is 12.2 Å². The van der Waals surface area contributed by atoms with Crippen LogP contribution >= 0.6 is 0 Å². The van der Waals surface area contributed by atoms with E-state index in [9.17, 15) is 9.59 Å². The zero-order valence-electron chi connectivity index (χ0n) is 9.18. The molecule has 1 spiro atoms. The molecule has 0 saturated heterocycles. The number of allylic oxidation sites excluding steroid dienone is 2. The Kier molecular flexibility index (Phi) is 1.77. The molecule has 3 aliphatic carbocycles. The van der Waals surface area contributed by atoms with Crippen molar-refractivity contribution in [2.45, 2.75) is 12.8 Å². The molecule has 86 valence electrons. The molecule has 4 atom stereocenters. The quantitative estimate of drug-likeness (QED) is 0.544. The maximum absolute atomic E-state index is 11.8. The highest BCUT2D eigenvalue weighted by Crippen LogP contribution is 2.71. The average molecular weight is 221 g/mol. The van der Waals surface area contributed by atoms with Crippen molar-refractivity contribution in [2.24, 2.45) is 34.8 Å². The van der Waals surface area contributed by atoms with Gasteiger partial charge in [0.05, 0.1) is 18.9 Å². The third-order valence-corrected chi connectivity index (χ3v) is 4.64. The standard InChI is InChI=1S/C12H15NO3/c1-16-11(15)9-7-3-2-6(8(9)10(13)14)12(7)4-5-12/h2-3,6-9H,4-5H2,1H3,(H2,13,14)/t6-,7+,8?,9+/m0/s1. The first-order valence-corrected chi connectivity index (χ1v) is 5.67. The molecule has 0 aromatic heterocycles. The normalized spacial score (nSPS) is 41.3. The SMILES string of the molecule is COC(=O)[C@H]1C(C(N)=O)[C@@H]2C=C[C@H]1C21CC1. The lowest BCUT2D eigenvalue weighted by Crippen LogP contribution is -2.37. The second-order valence-electron chi connectivity index (χ2n) is 5.15. The zero-order chi connectivity index (χ0) is 11.5. The Labute approximate surface area is 93.8 Å². The fourth-order valence-corrected chi connectivity index (χ4v) is 3.84. The van der Waals surface area contributed by atoms with Gasteiger partial charge in [-0.1, -0.05) is 12.2 Å². The van der Waals surface area contributed by atoms with Crippen LogP contribution in [0.4, 0.5) is 0 Å². The summed E-state index contributed by atoms with van der Waals surface area (Å²) in [5.74, 6) is -1.02. The van der Waals surface area contributed by atoms with Crippen molar-refractivity contribution in [3.05, 3.63) is 12.2 Å². The number of hydrogen-bond acceptors (Lipinski definition) is 3. The van der Waals surface area contributed by atoms with Gasteiger partial charge in [-0.15, -0.1) is 0 Å². The van der Waals surface area contributed by atoms with Crippen molar-refractivity contribution in [3.8, 4) is 0 Å². The van der Waals surface area contributed by atoms with E-state index in [0.717, 1.165) is 12.8 Å². The van der Waals surface area contributed by atoms with Crippen LogP contribution in [0.3, 0.4) is 0 Å². The van der Waals surface area contributed by atoms with Gasteiger partial charge in [-0.25, -0.2) is 0 Å². The lowest BCUT2D eigenvalue weighted by Gasteiger charge is -2.22. The second-order valence-corrected chi connectivity index (χ2v) is 5.15. The van der Waals surface area contributed by atoms with Gasteiger partial charge in [-0.05, 0) is 30.1 Å². The van der Waals surface area contributed by atoms with E-state index in [-0.39, 0.29) is 41.0 Å². The predicted molar refractivity (Wildman–Crippen MR) is 56.0 cm³/mol. The van der Waals surface area contributed by atoms with Crippen molar-refractivity contribution in [1.82, 2.24) is 0 Å². The lowest BCUT2D eigenvalue weighted by molar-refractivity contribution is -0.150.